The molecule has 0 saturated carbocycles. The van der Waals surface area contributed by atoms with Crippen molar-refractivity contribution < 1.29 is 13.6 Å². The summed E-state index contributed by atoms with van der Waals surface area (Å²) in [6.45, 7) is 2.26. The lowest BCUT2D eigenvalue weighted by Gasteiger charge is -2.07. The van der Waals surface area contributed by atoms with Gasteiger partial charge in [0.1, 0.15) is 11.6 Å². The lowest BCUT2D eigenvalue weighted by Crippen LogP contribution is -2.26. The van der Waals surface area contributed by atoms with Crippen molar-refractivity contribution in [3.8, 4) is 0 Å². The van der Waals surface area contributed by atoms with E-state index in [-0.39, 0.29) is 10.6 Å². The molecule has 0 aliphatic heterocycles. The van der Waals surface area contributed by atoms with Gasteiger partial charge in [0.15, 0.2) is 0 Å². The van der Waals surface area contributed by atoms with E-state index < -0.39 is 17.5 Å². The normalized spacial score (nSPS) is 10.7. The zero-order chi connectivity index (χ0) is 15.4. The van der Waals surface area contributed by atoms with E-state index in [1.807, 2.05) is 6.92 Å². The van der Waals surface area contributed by atoms with Gasteiger partial charge >= 0.3 is 0 Å². The highest BCUT2D eigenvalue weighted by Gasteiger charge is 2.15. The molecule has 112 valence electrons. The molecule has 0 saturated heterocycles. The van der Waals surface area contributed by atoms with Crippen LogP contribution in [0.1, 0.15) is 28.0 Å². The number of nitrogens with one attached hydrogen (secondary N) is 2. The molecule has 1 aromatic heterocycles. The first-order chi connectivity index (χ1) is 9.99. The minimum Gasteiger partial charge on any atom is -0.352 e. The SMILES string of the molecule is Cc1[nH]ncc1CCCNC(=O)c1cc(F)c(Cl)cc1F. The van der Waals surface area contributed by atoms with Gasteiger partial charge in [0.25, 0.3) is 5.91 Å². The standard InChI is InChI=1S/C14H14ClF2N3O/c1-8-9(7-19-20-8)3-2-4-18-14(21)10-5-13(17)11(15)6-12(10)16/h5-7H,2-4H2,1H3,(H,18,21)(H,19,20). The first kappa shape index (κ1) is 15.4. The third-order valence-corrected chi connectivity index (χ3v) is 3.39. The van der Waals surface area contributed by atoms with E-state index in [1.165, 1.54) is 0 Å². The molecule has 0 aliphatic carbocycles. The molecule has 7 heteroatoms. The fraction of sp³-hybridized carbons (Fsp3) is 0.286. The number of carbonyl (C=O) groups is 1. The number of aromatic amines is 1. The Morgan fingerprint density at radius 1 is 1.38 bits per heavy atom. The summed E-state index contributed by atoms with van der Waals surface area (Å²) >= 11 is 5.43. The lowest BCUT2D eigenvalue weighted by molar-refractivity contribution is 0.0948. The second-order valence-corrected chi connectivity index (χ2v) is 5.03. The van der Waals surface area contributed by atoms with Crippen molar-refractivity contribution >= 4 is 17.5 Å². The summed E-state index contributed by atoms with van der Waals surface area (Å²) in [5, 5.41) is 8.92. The highest BCUT2D eigenvalue weighted by atomic mass is 35.5. The molecule has 0 unspecified atom stereocenters. The Labute approximate surface area is 125 Å². The molecule has 0 bridgehead atoms. The van der Waals surface area contributed by atoms with Crippen LogP contribution in [0.5, 0.6) is 0 Å². The summed E-state index contributed by atoms with van der Waals surface area (Å²) in [7, 11) is 0. The largest absolute Gasteiger partial charge is 0.352 e. The number of hydrogen-bond acceptors (Lipinski definition) is 2. The van der Waals surface area contributed by atoms with Gasteiger partial charge in [0.2, 0.25) is 0 Å². The Morgan fingerprint density at radius 2 is 2.14 bits per heavy atom. The number of aromatic nitrogens is 2. The molecular weight excluding hydrogens is 300 g/mol. The average molecular weight is 314 g/mol. The number of halogens is 3. The molecule has 1 heterocycles. The predicted octanol–water partition coefficient (Wildman–Crippen LogP) is 3.01. The van der Waals surface area contributed by atoms with Crippen LogP contribution < -0.4 is 5.32 Å². The predicted molar refractivity (Wildman–Crippen MR) is 75.3 cm³/mol. The van der Waals surface area contributed by atoms with Gasteiger partial charge in [-0.15, -0.1) is 0 Å². The number of H-pyrrole nitrogens is 1. The Bertz CT molecular complexity index is 658. The monoisotopic (exact) mass is 313 g/mol. The van der Waals surface area contributed by atoms with Gasteiger partial charge in [-0.05, 0) is 37.5 Å². The van der Waals surface area contributed by atoms with Gasteiger partial charge in [-0.25, -0.2) is 8.78 Å². The van der Waals surface area contributed by atoms with Crippen molar-refractivity contribution in [1.29, 1.82) is 0 Å². The topological polar surface area (TPSA) is 57.8 Å². The van der Waals surface area contributed by atoms with E-state index in [9.17, 15) is 13.6 Å². The number of amides is 1. The Morgan fingerprint density at radius 3 is 2.81 bits per heavy atom. The maximum atomic E-state index is 13.5. The van der Waals surface area contributed by atoms with E-state index in [0.29, 0.717) is 13.0 Å². The number of rotatable bonds is 5. The number of benzene rings is 1. The quantitative estimate of drug-likeness (QED) is 0.658. The van der Waals surface area contributed by atoms with Crippen LogP contribution in [-0.4, -0.2) is 22.6 Å². The minimum atomic E-state index is -0.843. The van der Waals surface area contributed by atoms with E-state index in [4.69, 9.17) is 11.6 Å². The zero-order valence-electron chi connectivity index (χ0n) is 11.3. The van der Waals surface area contributed by atoms with Crippen LogP contribution in [0.15, 0.2) is 18.3 Å². The van der Waals surface area contributed by atoms with Gasteiger partial charge in [0, 0.05) is 12.2 Å². The first-order valence-electron chi connectivity index (χ1n) is 6.40. The summed E-state index contributed by atoms with van der Waals surface area (Å²) in [6.07, 6.45) is 3.13. The third kappa shape index (κ3) is 3.78. The number of nitrogens with zero attached hydrogens (tertiary/aromatic N) is 1. The molecule has 0 fully saturated rings. The van der Waals surface area contributed by atoms with Crippen LogP contribution in [0.4, 0.5) is 8.78 Å². The smallest absolute Gasteiger partial charge is 0.254 e. The first-order valence-corrected chi connectivity index (χ1v) is 6.78. The average Bonchev–Trinajstić information content (AvgIpc) is 2.84. The van der Waals surface area contributed by atoms with Gasteiger partial charge < -0.3 is 5.32 Å². The lowest BCUT2D eigenvalue weighted by atomic mass is 10.1. The molecule has 2 rings (SSSR count). The summed E-state index contributed by atoms with van der Waals surface area (Å²) in [5.41, 5.74) is 1.69. The second kappa shape index (κ2) is 6.67. The van der Waals surface area contributed by atoms with Gasteiger partial charge in [-0.2, -0.15) is 5.10 Å². The summed E-state index contributed by atoms with van der Waals surface area (Å²) in [5.74, 6) is -2.33. The van der Waals surface area contributed by atoms with Crippen LogP contribution >= 0.6 is 11.6 Å². The van der Waals surface area contributed by atoms with Gasteiger partial charge in [0.05, 0.1) is 16.8 Å². The van der Waals surface area contributed by atoms with Gasteiger partial charge in [-0.1, -0.05) is 11.6 Å². The van der Waals surface area contributed by atoms with E-state index in [0.717, 1.165) is 29.8 Å². The number of carbonyl (C=O) groups excluding carboxylic acids is 1. The molecule has 1 amide bonds. The molecule has 0 spiro atoms. The second-order valence-electron chi connectivity index (χ2n) is 4.63. The molecule has 1 aromatic carbocycles. The van der Waals surface area contributed by atoms with Crippen LogP contribution in [0.3, 0.4) is 0 Å². The van der Waals surface area contributed by atoms with Crippen LogP contribution in [0.25, 0.3) is 0 Å². The fourth-order valence-electron chi connectivity index (χ4n) is 1.90. The highest BCUT2D eigenvalue weighted by molar-refractivity contribution is 6.30. The van der Waals surface area contributed by atoms with Crippen molar-refractivity contribution in [3.63, 3.8) is 0 Å². The summed E-state index contributed by atoms with van der Waals surface area (Å²) in [6, 6.07) is 1.59. The van der Waals surface area contributed by atoms with Crippen molar-refractivity contribution in [3.05, 3.63) is 51.8 Å². The molecule has 2 N–H and O–H groups in total. The molecule has 21 heavy (non-hydrogen) atoms. The van der Waals surface area contributed by atoms with E-state index in [1.54, 1.807) is 6.20 Å². The molecular formula is C14H14ClF2N3O. The van der Waals surface area contributed by atoms with Crippen molar-refractivity contribution in [1.82, 2.24) is 15.5 Å². The van der Waals surface area contributed by atoms with E-state index >= 15 is 0 Å². The molecule has 4 nitrogen and oxygen atoms in total. The maximum absolute atomic E-state index is 13.5. The molecule has 0 atom stereocenters. The van der Waals surface area contributed by atoms with Crippen molar-refractivity contribution in [2.24, 2.45) is 0 Å². The molecule has 2 aromatic rings. The van der Waals surface area contributed by atoms with Crippen molar-refractivity contribution in [2.45, 2.75) is 19.8 Å². The minimum absolute atomic E-state index is 0.348. The Hall–Kier alpha value is -1.95. The van der Waals surface area contributed by atoms with Crippen LogP contribution in [-0.2, 0) is 6.42 Å². The van der Waals surface area contributed by atoms with Crippen LogP contribution in [0, 0.1) is 18.6 Å². The molecule has 0 aliphatic rings. The summed E-state index contributed by atoms with van der Waals surface area (Å²) in [4.78, 5) is 11.8. The number of aryl methyl sites for hydroxylation is 2. The third-order valence-electron chi connectivity index (χ3n) is 3.10. The Kier molecular flexibility index (Phi) is 4.90. The zero-order valence-corrected chi connectivity index (χ0v) is 12.1. The van der Waals surface area contributed by atoms with Gasteiger partial charge in [-0.3, -0.25) is 9.89 Å². The van der Waals surface area contributed by atoms with Crippen LogP contribution in [0.2, 0.25) is 5.02 Å². The summed E-state index contributed by atoms with van der Waals surface area (Å²) < 4.78 is 26.8. The van der Waals surface area contributed by atoms with Crippen molar-refractivity contribution in [2.75, 3.05) is 6.54 Å². The highest BCUT2D eigenvalue weighted by Crippen LogP contribution is 2.19. The maximum Gasteiger partial charge on any atom is 0.254 e. The number of hydrogen-bond donors (Lipinski definition) is 2. The molecule has 0 radical (unpaired) electrons. The fourth-order valence-corrected chi connectivity index (χ4v) is 2.05. The Balaban J connectivity index is 1.88. The van der Waals surface area contributed by atoms with E-state index in [2.05, 4.69) is 15.5 Å².